The predicted octanol–water partition coefficient (Wildman–Crippen LogP) is 4.50. The van der Waals surface area contributed by atoms with Gasteiger partial charge in [-0.25, -0.2) is 0 Å². The first-order valence-electron chi connectivity index (χ1n) is 10.2. The molecular weight excluding hydrogens is 391 g/mol. The molecule has 30 heavy (non-hydrogen) atoms. The lowest BCUT2D eigenvalue weighted by Crippen LogP contribution is -2.67. The number of ether oxygens (including phenoxy) is 1. The lowest BCUT2D eigenvalue weighted by molar-refractivity contribution is -0.366. The number of hydrogen-bond donors (Lipinski definition) is 0. The van der Waals surface area contributed by atoms with Crippen molar-refractivity contribution in [2.75, 3.05) is 19.7 Å². The van der Waals surface area contributed by atoms with E-state index in [0.29, 0.717) is 44.5 Å². The minimum absolute atomic E-state index is 0.0152. The summed E-state index contributed by atoms with van der Waals surface area (Å²) < 4.78 is 48.1. The number of aromatic nitrogens is 1. The van der Waals surface area contributed by atoms with Crippen LogP contribution >= 0.6 is 0 Å². The molecule has 2 aliphatic heterocycles. The molecular formula is C23H24F3N3O. The lowest BCUT2D eigenvalue weighted by atomic mass is 9.63. The molecule has 0 aliphatic carbocycles. The van der Waals surface area contributed by atoms with Gasteiger partial charge in [0.15, 0.2) is 5.60 Å². The Morgan fingerprint density at radius 2 is 1.90 bits per heavy atom. The molecule has 0 amide bonds. The second-order valence-electron chi connectivity index (χ2n) is 8.29. The third kappa shape index (κ3) is 3.70. The second-order valence-corrected chi connectivity index (χ2v) is 8.29. The summed E-state index contributed by atoms with van der Waals surface area (Å²) in [5, 5.41) is 8.96. The van der Waals surface area contributed by atoms with Crippen LogP contribution in [-0.2, 0) is 17.7 Å². The largest absolute Gasteiger partial charge is 0.418 e. The highest BCUT2D eigenvalue weighted by atomic mass is 19.4. The molecule has 2 atom stereocenters. The average molecular weight is 415 g/mol. The van der Waals surface area contributed by atoms with Crippen molar-refractivity contribution < 1.29 is 17.9 Å². The molecule has 158 valence electrons. The molecule has 7 heteroatoms. The molecule has 4 nitrogen and oxygen atoms in total. The number of benzene rings is 1. The number of halogens is 3. The number of hydrogen-bond acceptors (Lipinski definition) is 4. The van der Waals surface area contributed by atoms with Crippen molar-refractivity contribution in [2.24, 2.45) is 5.41 Å². The van der Waals surface area contributed by atoms with E-state index in [9.17, 15) is 13.2 Å². The Labute approximate surface area is 174 Å². The van der Waals surface area contributed by atoms with E-state index in [1.54, 1.807) is 18.3 Å². The minimum atomic E-state index is -4.41. The average Bonchev–Trinajstić information content (AvgIpc) is 3.09. The highest BCUT2D eigenvalue weighted by molar-refractivity contribution is 5.32. The maximum Gasteiger partial charge on any atom is 0.418 e. The van der Waals surface area contributed by atoms with Gasteiger partial charge in [-0.3, -0.25) is 9.88 Å². The molecule has 3 heterocycles. The first kappa shape index (κ1) is 20.8. The fraction of sp³-hybridized carbons (Fsp3) is 0.478. The van der Waals surface area contributed by atoms with Gasteiger partial charge in [0, 0.05) is 31.1 Å². The maximum atomic E-state index is 14.2. The molecule has 0 N–H and O–H groups in total. The number of aryl methyl sites for hydroxylation is 1. The van der Waals surface area contributed by atoms with Gasteiger partial charge in [0.05, 0.1) is 23.9 Å². The van der Waals surface area contributed by atoms with Crippen LogP contribution in [0.4, 0.5) is 13.2 Å². The molecule has 0 radical (unpaired) electrons. The summed E-state index contributed by atoms with van der Waals surface area (Å²) >= 11 is 0. The van der Waals surface area contributed by atoms with Crippen LogP contribution in [-0.4, -0.2) is 41.4 Å². The molecule has 2 aliphatic rings. The van der Waals surface area contributed by atoms with Crippen LogP contribution in [0.15, 0.2) is 48.7 Å². The molecule has 0 unspecified atom stereocenters. The summed E-state index contributed by atoms with van der Waals surface area (Å²) in [6.07, 6.45) is -1.34. The van der Waals surface area contributed by atoms with Crippen LogP contribution < -0.4 is 0 Å². The molecule has 1 aromatic heterocycles. The Bertz CT molecular complexity index is 904. The third-order valence-electron chi connectivity index (χ3n) is 6.64. The van der Waals surface area contributed by atoms with Gasteiger partial charge in [0.25, 0.3) is 0 Å². The first-order chi connectivity index (χ1) is 14.4. The van der Waals surface area contributed by atoms with Crippen molar-refractivity contribution >= 4 is 0 Å². The second kappa shape index (κ2) is 8.01. The number of nitrogens with zero attached hydrogens (tertiary/aromatic N) is 3. The third-order valence-corrected chi connectivity index (χ3v) is 6.64. The molecule has 2 fully saturated rings. The number of rotatable bonds is 6. The van der Waals surface area contributed by atoms with Crippen LogP contribution in [0.2, 0.25) is 0 Å². The number of nitriles is 1. The van der Waals surface area contributed by atoms with Crippen molar-refractivity contribution in [3.63, 3.8) is 0 Å². The fourth-order valence-electron chi connectivity index (χ4n) is 4.93. The number of pyridine rings is 1. The Hall–Kier alpha value is -2.43. The summed E-state index contributed by atoms with van der Waals surface area (Å²) in [6.45, 7) is 1.61. The van der Waals surface area contributed by atoms with Gasteiger partial charge in [0.1, 0.15) is 0 Å². The summed E-state index contributed by atoms with van der Waals surface area (Å²) in [7, 11) is 0. The Morgan fingerprint density at radius 3 is 2.47 bits per heavy atom. The Morgan fingerprint density at radius 1 is 1.13 bits per heavy atom. The van der Waals surface area contributed by atoms with Gasteiger partial charge >= 0.3 is 6.18 Å². The predicted molar refractivity (Wildman–Crippen MR) is 105 cm³/mol. The monoisotopic (exact) mass is 415 g/mol. The van der Waals surface area contributed by atoms with Crippen LogP contribution in [0, 0.1) is 16.7 Å². The van der Waals surface area contributed by atoms with Gasteiger partial charge < -0.3 is 4.74 Å². The first-order valence-corrected chi connectivity index (χ1v) is 10.2. The van der Waals surface area contributed by atoms with E-state index < -0.39 is 17.2 Å². The van der Waals surface area contributed by atoms with E-state index in [0.717, 1.165) is 11.3 Å². The van der Waals surface area contributed by atoms with E-state index in [1.165, 1.54) is 0 Å². The summed E-state index contributed by atoms with van der Waals surface area (Å²) in [6, 6.07) is 14.8. The maximum absolute atomic E-state index is 14.2. The van der Waals surface area contributed by atoms with Crippen LogP contribution in [0.1, 0.15) is 36.1 Å². The summed E-state index contributed by atoms with van der Waals surface area (Å²) in [5.41, 5.74) is -0.730. The van der Waals surface area contributed by atoms with Gasteiger partial charge in [-0.2, -0.15) is 18.4 Å². The molecule has 2 saturated heterocycles. The molecule has 0 saturated carbocycles. The van der Waals surface area contributed by atoms with E-state index >= 15 is 0 Å². The van der Waals surface area contributed by atoms with Crippen molar-refractivity contribution in [1.82, 2.24) is 9.88 Å². The Kier molecular flexibility index (Phi) is 5.56. The molecule has 0 spiro atoms. The molecule has 2 aromatic rings. The van der Waals surface area contributed by atoms with Crippen LogP contribution in [0.25, 0.3) is 0 Å². The normalized spacial score (nSPS) is 26.9. The smallest absolute Gasteiger partial charge is 0.365 e. The van der Waals surface area contributed by atoms with Crippen LogP contribution in [0.5, 0.6) is 0 Å². The highest BCUT2D eigenvalue weighted by Crippen LogP contribution is 2.59. The number of alkyl halides is 3. The van der Waals surface area contributed by atoms with E-state index in [4.69, 9.17) is 10.00 Å². The van der Waals surface area contributed by atoms with Crippen molar-refractivity contribution in [2.45, 2.75) is 44.0 Å². The topological polar surface area (TPSA) is 49.1 Å². The van der Waals surface area contributed by atoms with E-state index in [2.05, 4.69) is 16.0 Å². The quantitative estimate of drug-likeness (QED) is 0.697. The SMILES string of the molecule is N#Cc1ccc(CC[C@@]2([C@@]3(C(F)(F)F)CCO3)CCN(Cc3ccccn3)C2)cc1. The van der Waals surface area contributed by atoms with Crippen molar-refractivity contribution in [3.8, 4) is 6.07 Å². The zero-order valence-corrected chi connectivity index (χ0v) is 16.7. The molecule has 0 bridgehead atoms. The standard InChI is InChI=1S/C23H24F3N3O/c24-23(25,26)22(11-14-30-22)21(9-8-18-4-6-19(15-27)7-5-18)10-13-29(17-21)16-20-3-1-2-12-28-20/h1-7,12H,8-11,13-14,16-17H2/t21-,22-/m1/s1. The molecule has 4 rings (SSSR count). The van der Waals surface area contributed by atoms with Gasteiger partial charge in [-0.1, -0.05) is 18.2 Å². The van der Waals surface area contributed by atoms with Gasteiger partial charge in [-0.05, 0) is 55.6 Å². The molecule has 1 aromatic carbocycles. The zero-order chi connectivity index (χ0) is 21.2. The lowest BCUT2D eigenvalue weighted by Gasteiger charge is -2.54. The highest BCUT2D eigenvalue weighted by Gasteiger charge is 2.71. The van der Waals surface area contributed by atoms with Gasteiger partial charge in [-0.15, -0.1) is 0 Å². The van der Waals surface area contributed by atoms with Crippen LogP contribution in [0.3, 0.4) is 0 Å². The fourth-order valence-corrected chi connectivity index (χ4v) is 4.93. The van der Waals surface area contributed by atoms with E-state index in [-0.39, 0.29) is 13.0 Å². The van der Waals surface area contributed by atoms with E-state index in [1.807, 2.05) is 30.3 Å². The van der Waals surface area contributed by atoms with Gasteiger partial charge in [0.2, 0.25) is 0 Å². The van der Waals surface area contributed by atoms with Crippen molar-refractivity contribution in [1.29, 1.82) is 5.26 Å². The zero-order valence-electron chi connectivity index (χ0n) is 16.7. The number of likely N-dealkylation sites (tertiary alicyclic amines) is 1. The summed E-state index contributed by atoms with van der Waals surface area (Å²) in [4.78, 5) is 6.39. The minimum Gasteiger partial charge on any atom is -0.365 e. The van der Waals surface area contributed by atoms with Crippen molar-refractivity contribution in [3.05, 3.63) is 65.5 Å². The summed E-state index contributed by atoms with van der Waals surface area (Å²) in [5.74, 6) is 0. The Balaban J connectivity index is 1.57.